The minimum absolute atomic E-state index is 0.0285. The molecule has 0 unspecified atom stereocenters. The Bertz CT molecular complexity index is 1100. The Balaban J connectivity index is 1.30. The van der Waals surface area contributed by atoms with Crippen molar-refractivity contribution in [1.29, 1.82) is 5.26 Å². The molecule has 2 aromatic carbocycles. The van der Waals surface area contributed by atoms with Gasteiger partial charge in [-0.3, -0.25) is 4.79 Å². The lowest BCUT2D eigenvalue weighted by Crippen LogP contribution is -2.50. The van der Waals surface area contributed by atoms with Crippen molar-refractivity contribution in [3.8, 4) is 28.8 Å². The summed E-state index contributed by atoms with van der Waals surface area (Å²) in [7, 11) is 1.64. The number of nitriles is 1. The fraction of sp³-hybridized carbons (Fsp3) is 0.250. The van der Waals surface area contributed by atoms with Gasteiger partial charge in [-0.15, -0.1) is 10.2 Å². The highest BCUT2D eigenvalue weighted by atomic mass is 16.5. The van der Waals surface area contributed by atoms with E-state index in [1.165, 1.54) is 0 Å². The van der Waals surface area contributed by atoms with Crippen LogP contribution in [0.25, 0.3) is 11.3 Å². The normalized spacial score (nSPS) is 13.4. The molecular formula is C24H23N5O3. The van der Waals surface area contributed by atoms with Crippen molar-refractivity contribution >= 4 is 11.7 Å². The van der Waals surface area contributed by atoms with Gasteiger partial charge < -0.3 is 19.3 Å². The van der Waals surface area contributed by atoms with Crippen LogP contribution in [0.15, 0.2) is 60.7 Å². The molecule has 0 atom stereocenters. The number of amides is 1. The van der Waals surface area contributed by atoms with Gasteiger partial charge in [-0.25, -0.2) is 0 Å². The van der Waals surface area contributed by atoms with Gasteiger partial charge in [-0.2, -0.15) is 5.26 Å². The number of methoxy groups -OCH3 is 1. The van der Waals surface area contributed by atoms with Gasteiger partial charge >= 0.3 is 0 Å². The topological polar surface area (TPSA) is 91.6 Å². The molecule has 4 rings (SSSR count). The summed E-state index contributed by atoms with van der Waals surface area (Å²) in [5.41, 5.74) is 2.20. The van der Waals surface area contributed by atoms with Crippen LogP contribution in [0.3, 0.4) is 0 Å². The molecule has 1 aliphatic heterocycles. The molecule has 162 valence electrons. The van der Waals surface area contributed by atoms with Crippen LogP contribution in [0.1, 0.15) is 5.56 Å². The number of piperazine rings is 1. The summed E-state index contributed by atoms with van der Waals surface area (Å²) < 4.78 is 11.0. The first-order valence-electron chi connectivity index (χ1n) is 10.3. The molecular weight excluding hydrogens is 406 g/mol. The van der Waals surface area contributed by atoms with Gasteiger partial charge in [0.2, 0.25) is 0 Å². The van der Waals surface area contributed by atoms with Crippen LogP contribution in [0.2, 0.25) is 0 Å². The largest absolute Gasteiger partial charge is 0.496 e. The smallest absolute Gasteiger partial charge is 0.260 e. The summed E-state index contributed by atoms with van der Waals surface area (Å²) in [5, 5.41) is 17.6. The van der Waals surface area contributed by atoms with E-state index in [4.69, 9.17) is 14.7 Å². The molecule has 32 heavy (non-hydrogen) atoms. The van der Waals surface area contributed by atoms with E-state index in [2.05, 4.69) is 21.2 Å². The Hall–Kier alpha value is -4.12. The van der Waals surface area contributed by atoms with Crippen molar-refractivity contribution in [3.63, 3.8) is 0 Å². The molecule has 0 aliphatic carbocycles. The van der Waals surface area contributed by atoms with Crippen molar-refractivity contribution < 1.29 is 14.3 Å². The maximum atomic E-state index is 12.5. The SMILES string of the molecule is COc1ccccc1-c1ccc(N2CCN(C(=O)COc3ccc(C#N)cc3)CC2)nn1. The first-order valence-corrected chi connectivity index (χ1v) is 10.3. The van der Waals surface area contributed by atoms with E-state index in [9.17, 15) is 4.79 Å². The fourth-order valence-corrected chi connectivity index (χ4v) is 3.54. The second-order valence-corrected chi connectivity index (χ2v) is 7.27. The summed E-state index contributed by atoms with van der Waals surface area (Å²) >= 11 is 0. The first-order chi connectivity index (χ1) is 15.7. The molecule has 1 aliphatic rings. The number of hydrogen-bond acceptors (Lipinski definition) is 7. The third-order valence-electron chi connectivity index (χ3n) is 5.34. The summed E-state index contributed by atoms with van der Waals surface area (Å²) in [5.74, 6) is 2.04. The van der Waals surface area contributed by atoms with Gasteiger partial charge in [0.1, 0.15) is 11.5 Å². The van der Waals surface area contributed by atoms with Crippen LogP contribution in [-0.4, -0.2) is 60.9 Å². The highest BCUT2D eigenvalue weighted by Crippen LogP contribution is 2.28. The lowest BCUT2D eigenvalue weighted by atomic mass is 10.1. The number of benzene rings is 2. The summed E-state index contributed by atoms with van der Waals surface area (Å²) in [4.78, 5) is 16.4. The molecule has 1 saturated heterocycles. The number of anilines is 1. The van der Waals surface area contributed by atoms with E-state index in [1.54, 1.807) is 36.3 Å². The van der Waals surface area contributed by atoms with Crippen molar-refractivity contribution in [2.24, 2.45) is 0 Å². The van der Waals surface area contributed by atoms with Crippen LogP contribution in [-0.2, 0) is 4.79 Å². The number of ether oxygens (including phenoxy) is 2. The molecule has 1 amide bonds. The van der Waals surface area contributed by atoms with Crippen molar-refractivity contribution in [3.05, 3.63) is 66.2 Å². The lowest BCUT2D eigenvalue weighted by molar-refractivity contribution is -0.133. The zero-order valence-corrected chi connectivity index (χ0v) is 17.8. The van der Waals surface area contributed by atoms with E-state index in [0.29, 0.717) is 37.5 Å². The van der Waals surface area contributed by atoms with Crippen LogP contribution >= 0.6 is 0 Å². The van der Waals surface area contributed by atoms with Gasteiger partial charge in [0, 0.05) is 31.7 Å². The highest BCUT2D eigenvalue weighted by Gasteiger charge is 2.22. The monoisotopic (exact) mass is 429 g/mol. The predicted molar refractivity (Wildman–Crippen MR) is 119 cm³/mol. The quantitative estimate of drug-likeness (QED) is 0.595. The van der Waals surface area contributed by atoms with Crippen LogP contribution in [0, 0.1) is 11.3 Å². The van der Waals surface area contributed by atoms with Crippen molar-refractivity contribution in [1.82, 2.24) is 15.1 Å². The van der Waals surface area contributed by atoms with Crippen molar-refractivity contribution in [2.75, 3.05) is 44.8 Å². The second kappa shape index (κ2) is 9.79. The Morgan fingerprint density at radius 3 is 2.41 bits per heavy atom. The van der Waals surface area contributed by atoms with Gasteiger partial charge in [-0.1, -0.05) is 12.1 Å². The molecule has 2 heterocycles. The molecule has 1 fully saturated rings. The highest BCUT2D eigenvalue weighted by molar-refractivity contribution is 5.78. The van der Waals surface area contributed by atoms with Crippen LogP contribution in [0.4, 0.5) is 5.82 Å². The molecule has 3 aromatic rings. The number of para-hydroxylation sites is 1. The molecule has 0 radical (unpaired) electrons. The lowest BCUT2D eigenvalue weighted by Gasteiger charge is -2.35. The number of aromatic nitrogens is 2. The molecule has 0 spiro atoms. The average Bonchev–Trinajstić information content (AvgIpc) is 2.87. The van der Waals surface area contributed by atoms with Gasteiger partial charge in [0.05, 0.1) is 24.4 Å². The van der Waals surface area contributed by atoms with Crippen molar-refractivity contribution in [2.45, 2.75) is 0 Å². The zero-order valence-electron chi connectivity index (χ0n) is 17.8. The van der Waals surface area contributed by atoms with Gasteiger partial charge in [-0.05, 0) is 48.5 Å². The Morgan fingerprint density at radius 1 is 1.00 bits per heavy atom. The first kappa shape index (κ1) is 21.1. The second-order valence-electron chi connectivity index (χ2n) is 7.27. The summed E-state index contributed by atoms with van der Waals surface area (Å²) in [6, 6.07) is 20.3. The standard InChI is InChI=1S/C24H23N5O3/c1-31-22-5-3-2-4-20(22)21-10-11-23(27-26-21)28-12-14-29(15-13-28)24(30)17-32-19-8-6-18(16-25)7-9-19/h2-11H,12-15,17H2,1H3. The molecule has 8 nitrogen and oxygen atoms in total. The van der Waals surface area contributed by atoms with E-state index >= 15 is 0 Å². The number of hydrogen-bond donors (Lipinski definition) is 0. The maximum absolute atomic E-state index is 12.5. The molecule has 8 heteroatoms. The van der Waals surface area contributed by atoms with E-state index in [-0.39, 0.29) is 12.5 Å². The van der Waals surface area contributed by atoms with Gasteiger partial charge in [0.25, 0.3) is 5.91 Å². The molecule has 0 bridgehead atoms. The molecule has 0 saturated carbocycles. The number of rotatable bonds is 6. The predicted octanol–water partition coefficient (Wildman–Crippen LogP) is 2.75. The summed E-state index contributed by atoms with van der Waals surface area (Å²) in [6.07, 6.45) is 0. The zero-order chi connectivity index (χ0) is 22.3. The molecule has 1 aromatic heterocycles. The van der Waals surface area contributed by atoms with Gasteiger partial charge in [0.15, 0.2) is 12.4 Å². The Morgan fingerprint density at radius 2 is 1.75 bits per heavy atom. The van der Waals surface area contributed by atoms with E-state index in [0.717, 1.165) is 22.8 Å². The Labute approximate surface area is 186 Å². The van der Waals surface area contributed by atoms with E-state index < -0.39 is 0 Å². The third kappa shape index (κ3) is 4.78. The number of carbonyl (C=O) groups excluding carboxylic acids is 1. The maximum Gasteiger partial charge on any atom is 0.260 e. The van der Waals surface area contributed by atoms with Crippen LogP contribution in [0.5, 0.6) is 11.5 Å². The average molecular weight is 429 g/mol. The Kier molecular flexibility index (Phi) is 6.46. The minimum atomic E-state index is -0.0633. The third-order valence-corrected chi connectivity index (χ3v) is 5.34. The number of nitrogens with zero attached hydrogens (tertiary/aromatic N) is 5. The minimum Gasteiger partial charge on any atom is -0.496 e. The summed E-state index contributed by atoms with van der Waals surface area (Å²) in [6.45, 7) is 2.49. The molecule has 0 N–H and O–H groups in total. The number of carbonyl (C=O) groups is 1. The fourth-order valence-electron chi connectivity index (χ4n) is 3.54. The van der Waals surface area contributed by atoms with E-state index in [1.807, 2.05) is 36.4 Å². The van der Waals surface area contributed by atoms with Crippen LogP contribution < -0.4 is 14.4 Å².